The first-order valence-corrected chi connectivity index (χ1v) is 9.72. The molecule has 4 nitrogen and oxygen atoms in total. The van der Waals surface area contributed by atoms with E-state index in [2.05, 4.69) is 47.6 Å². The highest BCUT2D eigenvalue weighted by atomic mass is 32.2. The predicted octanol–water partition coefficient (Wildman–Crippen LogP) is 5.01. The number of anilines is 1. The number of nitrogens with zero attached hydrogens (tertiary/aromatic N) is 2. The Morgan fingerprint density at radius 1 is 1.08 bits per heavy atom. The molecule has 2 aromatic carbocycles. The summed E-state index contributed by atoms with van der Waals surface area (Å²) in [5.41, 5.74) is 5.42. The number of carbonyl (C=O) groups excluding carboxylic acids is 1. The van der Waals surface area contributed by atoms with Crippen LogP contribution >= 0.6 is 23.1 Å². The molecule has 3 rings (SSSR count). The Balaban J connectivity index is 1.64. The van der Waals surface area contributed by atoms with Gasteiger partial charge in [-0.05, 0) is 43.5 Å². The summed E-state index contributed by atoms with van der Waals surface area (Å²) >= 11 is 3.04. The van der Waals surface area contributed by atoms with Crippen LogP contribution in [0.1, 0.15) is 32.6 Å². The number of aryl methyl sites for hydroxylation is 3. The molecule has 25 heavy (non-hydrogen) atoms. The minimum Gasteiger partial charge on any atom is -0.296 e. The fraction of sp³-hybridized carbons (Fsp3) is 0.211. The van der Waals surface area contributed by atoms with E-state index in [1.807, 2.05) is 31.2 Å². The molecule has 0 atom stereocenters. The topological polar surface area (TPSA) is 54.9 Å². The highest BCUT2D eigenvalue weighted by Crippen LogP contribution is 2.29. The van der Waals surface area contributed by atoms with E-state index in [0.29, 0.717) is 10.7 Å². The lowest BCUT2D eigenvalue weighted by Crippen LogP contribution is -2.12. The molecule has 1 amide bonds. The Labute approximate surface area is 155 Å². The summed E-state index contributed by atoms with van der Waals surface area (Å²) in [4.78, 5) is 12.3. The zero-order valence-electron chi connectivity index (χ0n) is 14.4. The zero-order chi connectivity index (χ0) is 17.8. The number of benzene rings is 2. The molecule has 1 aromatic heterocycles. The maximum absolute atomic E-state index is 12.3. The molecule has 0 radical (unpaired) electrons. The summed E-state index contributed by atoms with van der Waals surface area (Å²) in [6, 6.07) is 14.0. The van der Waals surface area contributed by atoms with Gasteiger partial charge in [-0.1, -0.05) is 65.1 Å². The van der Waals surface area contributed by atoms with Gasteiger partial charge in [0.15, 0.2) is 4.34 Å². The van der Waals surface area contributed by atoms with Crippen LogP contribution in [0, 0.1) is 20.8 Å². The Kier molecular flexibility index (Phi) is 5.50. The van der Waals surface area contributed by atoms with E-state index in [0.717, 1.165) is 15.7 Å². The van der Waals surface area contributed by atoms with Gasteiger partial charge in [0.25, 0.3) is 5.91 Å². The standard InChI is InChI=1S/C19H19N3OS2/c1-12-8-9-13(2)15(10-12)11-24-19-22-21-18(25-19)20-17(23)16-7-5-4-6-14(16)3/h4-10H,11H2,1-3H3,(H,20,21,23). The van der Waals surface area contributed by atoms with Crippen molar-refractivity contribution in [3.05, 3.63) is 70.3 Å². The number of aromatic nitrogens is 2. The number of rotatable bonds is 5. The minimum absolute atomic E-state index is 0.152. The van der Waals surface area contributed by atoms with Crippen molar-refractivity contribution >= 4 is 34.1 Å². The number of hydrogen-bond acceptors (Lipinski definition) is 5. The molecule has 0 aliphatic carbocycles. The van der Waals surface area contributed by atoms with Crippen LogP contribution in [0.5, 0.6) is 0 Å². The third-order valence-corrected chi connectivity index (χ3v) is 5.89. The Morgan fingerprint density at radius 3 is 2.68 bits per heavy atom. The molecule has 0 unspecified atom stereocenters. The van der Waals surface area contributed by atoms with Gasteiger partial charge in [0.2, 0.25) is 5.13 Å². The highest BCUT2D eigenvalue weighted by molar-refractivity contribution is 8.00. The average molecular weight is 370 g/mol. The molecule has 0 saturated carbocycles. The lowest BCUT2D eigenvalue weighted by Gasteiger charge is -2.05. The van der Waals surface area contributed by atoms with Gasteiger partial charge < -0.3 is 0 Å². The quantitative estimate of drug-likeness (QED) is 0.507. The molecular formula is C19H19N3OS2. The van der Waals surface area contributed by atoms with Crippen molar-refractivity contribution in [1.82, 2.24) is 10.2 Å². The molecule has 0 bridgehead atoms. The molecule has 0 spiro atoms. The van der Waals surface area contributed by atoms with Crippen LogP contribution in [0.2, 0.25) is 0 Å². The van der Waals surface area contributed by atoms with E-state index < -0.39 is 0 Å². The number of nitrogens with one attached hydrogen (secondary N) is 1. The normalized spacial score (nSPS) is 10.7. The van der Waals surface area contributed by atoms with Gasteiger partial charge in [-0.2, -0.15) is 0 Å². The zero-order valence-corrected chi connectivity index (χ0v) is 16.0. The average Bonchev–Trinajstić information content (AvgIpc) is 3.03. The molecule has 0 aliphatic heterocycles. The molecule has 1 N–H and O–H groups in total. The van der Waals surface area contributed by atoms with Gasteiger partial charge >= 0.3 is 0 Å². The molecular weight excluding hydrogens is 350 g/mol. The fourth-order valence-corrected chi connectivity index (χ4v) is 4.22. The Hall–Kier alpha value is -2.18. The van der Waals surface area contributed by atoms with E-state index in [4.69, 9.17) is 0 Å². The first kappa shape index (κ1) is 17.6. The van der Waals surface area contributed by atoms with Crippen LogP contribution < -0.4 is 5.32 Å². The third kappa shape index (κ3) is 4.46. The van der Waals surface area contributed by atoms with Crippen LogP contribution in [0.15, 0.2) is 46.8 Å². The number of thioether (sulfide) groups is 1. The molecule has 0 aliphatic rings. The maximum atomic E-state index is 12.3. The van der Waals surface area contributed by atoms with Crippen molar-refractivity contribution in [2.75, 3.05) is 5.32 Å². The number of hydrogen-bond donors (Lipinski definition) is 1. The monoisotopic (exact) mass is 369 g/mol. The predicted molar refractivity (Wildman–Crippen MR) is 105 cm³/mol. The van der Waals surface area contributed by atoms with E-state index in [1.54, 1.807) is 11.8 Å². The SMILES string of the molecule is Cc1ccc(C)c(CSc2nnc(NC(=O)c3ccccc3C)s2)c1. The molecule has 3 aromatic rings. The largest absolute Gasteiger partial charge is 0.296 e. The van der Waals surface area contributed by atoms with Crippen molar-refractivity contribution in [3.63, 3.8) is 0 Å². The third-order valence-electron chi connectivity index (χ3n) is 3.87. The van der Waals surface area contributed by atoms with Gasteiger partial charge in [0.1, 0.15) is 0 Å². The smallest absolute Gasteiger partial charge is 0.257 e. The fourth-order valence-electron chi connectivity index (χ4n) is 2.41. The van der Waals surface area contributed by atoms with E-state index in [1.165, 1.54) is 28.0 Å². The van der Waals surface area contributed by atoms with Gasteiger partial charge in [0.05, 0.1) is 0 Å². The second-order valence-electron chi connectivity index (χ2n) is 5.86. The van der Waals surface area contributed by atoms with Gasteiger partial charge in [-0.15, -0.1) is 10.2 Å². The lowest BCUT2D eigenvalue weighted by molar-refractivity contribution is 0.102. The Morgan fingerprint density at radius 2 is 1.88 bits per heavy atom. The van der Waals surface area contributed by atoms with Gasteiger partial charge in [-0.25, -0.2) is 0 Å². The number of amides is 1. The van der Waals surface area contributed by atoms with Gasteiger partial charge in [-0.3, -0.25) is 10.1 Å². The van der Waals surface area contributed by atoms with Crippen LogP contribution in [0.25, 0.3) is 0 Å². The summed E-state index contributed by atoms with van der Waals surface area (Å²) in [5.74, 6) is 0.689. The van der Waals surface area contributed by atoms with Crippen molar-refractivity contribution < 1.29 is 4.79 Å². The van der Waals surface area contributed by atoms with Crippen molar-refractivity contribution in [2.45, 2.75) is 30.9 Å². The summed E-state index contributed by atoms with van der Waals surface area (Å²) in [6.07, 6.45) is 0. The van der Waals surface area contributed by atoms with Crippen LogP contribution in [0.3, 0.4) is 0 Å². The Bertz CT molecular complexity index is 905. The summed E-state index contributed by atoms with van der Waals surface area (Å²) in [5, 5.41) is 11.6. The first-order valence-electron chi connectivity index (χ1n) is 7.92. The molecule has 128 valence electrons. The lowest BCUT2D eigenvalue weighted by atomic mass is 10.1. The molecule has 1 heterocycles. The van der Waals surface area contributed by atoms with Crippen LogP contribution in [-0.2, 0) is 5.75 Å². The van der Waals surface area contributed by atoms with Gasteiger partial charge in [0, 0.05) is 11.3 Å². The van der Waals surface area contributed by atoms with Crippen molar-refractivity contribution in [2.24, 2.45) is 0 Å². The summed E-state index contributed by atoms with van der Waals surface area (Å²) < 4.78 is 0.848. The molecule has 0 saturated heterocycles. The summed E-state index contributed by atoms with van der Waals surface area (Å²) in [7, 11) is 0. The van der Waals surface area contributed by atoms with E-state index >= 15 is 0 Å². The first-order chi connectivity index (χ1) is 12.0. The maximum Gasteiger partial charge on any atom is 0.257 e. The second kappa shape index (κ2) is 7.80. The van der Waals surface area contributed by atoms with E-state index in [9.17, 15) is 4.79 Å². The number of carbonyl (C=O) groups is 1. The summed E-state index contributed by atoms with van der Waals surface area (Å²) in [6.45, 7) is 6.13. The van der Waals surface area contributed by atoms with Crippen LogP contribution in [-0.4, -0.2) is 16.1 Å². The second-order valence-corrected chi connectivity index (χ2v) is 8.06. The van der Waals surface area contributed by atoms with Crippen LogP contribution in [0.4, 0.5) is 5.13 Å². The van der Waals surface area contributed by atoms with Crippen molar-refractivity contribution in [1.29, 1.82) is 0 Å². The molecule has 6 heteroatoms. The highest BCUT2D eigenvalue weighted by Gasteiger charge is 2.12. The van der Waals surface area contributed by atoms with Crippen molar-refractivity contribution in [3.8, 4) is 0 Å². The molecule has 0 fully saturated rings. The van der Waals surface area contributed by atoms with E-state index in [-0.39, 0.29) is 5.91 Å². The minimum atomic E-state index is -0.152.